The molecule has 23 heavy (non-hydrogen) atoms. The van der Waals surface area contributed by atoms with E-state index in [2.05, 4.69) is 0 Å². The summed E-state index contributed by atoms with van der Waals surface area (Å²) in [6, 6.07) is 7.58. The number of hydrogen-bond donors (Lipinski definition) is 0. The normalized spacial score (nSPS) is 18.2. The van der Waals surface area contributed by atoms with Crippen LogP contribution < -0.4 is 4.90 Å². The lowest BCUT2D eigenvalue weighted by Gasteiger charge is -2.18. The Bertz CT molecular complexity index is 613. The van der Waals surface area contributed by atoms with Crippen LogP contribution >= 0.6 is 0 Å². The number of benzene rings is 1. The molecule has 5 heteroatoms. The van der Waals surface area contributed by atoms with Gasteiger partial charge in [-0.3, -0.25) is 14.4 Å². The molecule has 0 aliphatic carbocycles. The summed E-state index contributed by atoms with van der Waals surface area (Å²) in [5, 5.41) is 0. The number of aryl methyl sites for hydroxylation is 1. The Balaban J connectivity index is 1.95. The molecule has 1 aliphatic rings. The topological polar surface area (TPSA) is 63.7 Å². The Kier molecular flexibility index (Phi) is 4.88. The van der Waals surface area contributed by atoms with Gasteiger partial charge in [-0.1, -0.05) is 38.5 Å². The van der Waals surface area contributed by atoms with Crippen molar-refractivity contribution in [3.63, 3.8) is 0 Å². The molecule has 0 unspecified atom stereocenters. The first-order chi connectivity index (χ1) is 10.7. The first-order valence-electron chi connectivity index (χ1n) is 7.75. The van der Waals surface area contributed by atoms with E-state index < -0.39 is 17.3 Å². The van der Waals surface area contributed by atoms with Crippen LogP contribution in [-0.4, -0.2) is 30.8 Å². The van der Waals surface area contributed by atoms with Crippen molar-refractivity contribution < 1.29 is 19.1 Å². The van der Waals surface area contributed by atoms with Gasteiger partial charge in [-0.25, -0.2) is 0 Å². The Morgan fingerprint density at radius 1 is 1.22 bits per heavy atom. The maximum atomic E-state index is 12.1. The molecule has 1 heterocycles. The summed E-state index contributed by atoms with van der Waals surface area (Å²) in [4.78, 5) is 37.6. The largest absolute Gasteiger partial charge is 0.457 e. The van der Waals surface area contributed by atoms with Gasteiger partial charge in [0.2, 0.25) is 5.91 Å². The van der Waals surface area contributed by atoms with Crippen molar-refractivity contribution in [2.75, 3.05) is 18.1 Å². The van der Waals surface area contributed by atoms with Crippen LogP contribution in [0.3, 0.4) is 0 Å². The van der Waals surface area contributed by atoms with E-state index in [1.165, 1.54) is 0 Å². The van der Waals surface area contributed by atoms with Gasteiger partial charge >= 0.3 is 5.97 Å². The number of ether oxygens (including phenoxy) is 1. The molecular formula is C18H23NO4. The number of esters is 1. The van der Waals surface area contributed by atoms with Crippen LogP contribution in [0.15, 0.2) is 24.3 Å². The van der Waals surface area contributed by atoms with Crippen molar-refractivity contribution in [1.82, 2.24) is 0 Å². The molecule has 1 aromatic carbocycles. The number of Topliss-reactive ketones (excluding diaryl/α,β-unsaturated/α-hetero) is 1. The number of ketones is 1. The van der Waals surface area contributed by atoms with E-state index in [0.29, 0.717) is 6.54 Å². The van der Waals surface area contributed by atoms with Crippen LogP contribution in [0.4, 0.5) is 5.69 Å². The first-order valence-corrected chi connectivity index (χ1v) is 7.75. The first kappa shape index (κ1) is 17.2. The summed E-state index contributed by atoms with van der Waals surface area (Å²) < 4.78 is 5.10. The molecule has 0 radical (unpaired) electrons. The van der Waals surface area contributed by atoms with E-state index >= 15 is 0 Å². The van der Waals surface area contributed by atoms with Gasteiger partial charge in [0.25, 0.3) is 0 Å². The minimum Gasteiger partial charge on any atom is -0.457 e. The number of hydrogen-bond acceptors (Lipinski definition) is 4. The van der Waals surface area contributed by atoms with E-state index in [1.54, 1.807) is 25.7 Å². The number of rotatable bonds is 4. The number of carbonyl (C=O) groups excluding carboxylic acids is 3. The van der Waals surface area contributed by atoms with Crippen molar-refractivity contribution in [3.05, 3.63) is 29.8 Å². The third-order valence-corrected chi connectivity index (χ3v) is 3.99. The van der Waals surface area contributed by atoms with Crippen molar-refractivity contribution in [3.8, 4) is 0 Å². The van der Waals surface area contributed by atoms with Gasteiger partial charge in [0.05, 0.1) is 5.92 Å². The molecule has 0 saturated carbocycles. The van der Waals surface area contributed by atoms with Crippen molar-refractivity contribution >= 4 is 23.3 Å². The standard InChI is InChI=1S/C18H23NO4/c1-12-5-7-14(8-6-12)19-10-13(9-16(19)21)17(22)23-11-15(20)18(2,3)4/h5-8,13H,9-11H2,1-4H3/t13-/m0/s1. The molecular weight excluding hydrogens is 294 g/mol. The van der Waals surface area contributed by atoms with Gasteiger partial charge < -0.3 is 9.64 Å². The lowest BCUT2D eigenvalue weighted by molar-refractivity contribution is -0.153. The van der Waals surface area contributed by atoms with Crippen LogP contribution in [0.1, 0.15) is 32.8 Å². The zero-order chi connectivity index (χ0) is 17.2. The predicted molar refractivity (Wildman–Crippen MR) is 87.1 cm³/mol. The molecule has 1 atom stereocenters. The minimum absolute atomic E-state index is 0.0991. The number of nitrogens with zero attached hydrogens (tertiary/aromatic N) is 1. The van der Waals surface area contributed by atoms with Crippen LogP contribution in [-0.2, 0) is 19.1 Å². The summed E-state index contributed by atoms with van der Waals surface area (Å²) in [5.41, 5.74) is 1.35. The predicted octanol–water partition coefficient (Wildman–Crippen LogP) is 2.51. The zero-order valence-corrected chi connectivity index (χ0v) is 14.1. The Hall–Kier alpha value is -2.17. The molecule has 0 N–H and O–H groups in total. The van der Waals surface area contributed by atoms with Gasteiger partial charge in [0.1, 0.15) is 0 Å². The quantitative estimate of drug-likeness (QED) is 0.801. The summed E-state index contributed by atoms with van der Waals surface area (Å²) in [6.45, 7) is 7.37. The fourth-order valence-corrected chi connectivity index (χ4v) is 2.31. The van der Waals surface area contributed by atoms with Crippen molar-refractivity contribution in [1.29, 1.82) is 0 Å². The van der Waals surface area contributed by atoms with Gasteiger partial charge in [-0.05, 0) is 19.1 Å². The monoisotopic (exact) mass is 317 g/mol. The summed E-state index contributed by atoms with van der Waals surface area (Å²) in [6.07, 6.45) is 0.121. The van der Waals surface area contributed by atoms with Gasteiger partial charge in [0, 0.05) is 24.1 Å². The lowest BCUT2D eigenvalue weighted by atomic mass is 9.91. The lowest BCUT2D eigenvalue weighted by Crippen LogP contribution is -2.30. The number of carbonyl (C=O) groups is 3. The van der Waals surface area contributed by atoms with Crippen molar-refractivity contribution in [2.45, 2.75) is 34.1 Å². The molecule has 0 bridgehead atoms. The average Bonchev–Trinajstić information content (AvgIpc) is 2.86. The van der Waals surface area contributed by atoms with Gasteiger partial charge in [-0.2, -0.15) is 0 Å². The summed E-state index contributed by atoms with van der Waals surface area (Å²) >= 11 is 0. The van der Waals surface area contributed by atoms with E-state index in [1.807, 2.05) is 31.2 Å². The summed E-state index contributed by atoms with van der Waals surface area (Å²) in [7, 11) is 0. The highest BCUT2D eigenvalue weighted by molar-refractivity contribution is 5.99. The average molecular weight is 317 g/mol. The molecule has 2 rings (SSSR count). The Morgan fingerprint density at radius 3 is 2.39 bits per heavy atom. The van der Waals surface area contributed by atoms with Gasteiger partial charge in [0.15, 0.2) is 12.4 Å². The maximum absolute atomic E-state index is 12.1. The second-order valence-electron chi connectivity index (χ2n) is 7.02. The molecule has 5 nitrogen and oxygen atoms in total. The van der Waals surface area contributed by atoms with Crippen molar-refractivity contribution in [2.24, 2.45) is 11.3 Å². The minimum atomic E-state index is -0.542. The highest BCUT2D eigenvalue weighted by Gasteiger charge is 2.36. The molecule has 124 valence electrons. The molecule has 0 spiro atoms. The second kappa shape index (κ2) is 6.52. The molecule has 1 amide bonds. The van der Waals surface area contributed by atoms with E-state index in [4.69, 9.17) is 4.74 Å². The number of anilines is 1. The highest BCUT2D eigenvalue weighted by atomic mass is 16.5. The van der Waals surface area contributed by atoms with Crippen LogP contribution in [0.25, 0.3) is 0 Å². The van der Waals surface area contributed by atoms with E-state index in [-0.39, 0.29) is 24.7 Å². The Labute approximate surface area is 136 Å². The molecule has 1 aromatic rings. The van der Waals surface area contributed by atoms with Gasteiger partial charge in [-0.15, -0.1) is 0 Å². The van der Waals surface area contributed by atoms with Crippen LogP contribution in [0.2, 0.25) is 0 Å². The molecule has 1 saturated heterocycles. The smallest absolute Gasteiger partial charge is 0.311 e. The Morgan fingerprint density at radius 2 is 1.83 bits per heavy atom. The third-order valence-electron chi connectivity index (χ3n) is 3.99. The molecule has 1 aliphatic heterocycles. The fraction of sp³-hybridized carbons (Fsp3) is 0.500. The summed E-state index contributed by atoms with van der Waals surface area (Å²) in [5.74, 6) is -1.23. The zero-order valence-electron chi connectivity index (χ0n) is 14.1. The number of amides is 1. The molecule has 1 fully saturated rings. The van der Waals surface area contributed by atoms with Crippen LogP contribution in [0, 0.1) is 18.3 Å². The van der Waals surface area contributed by atoms with E-state index in [0.717, 1.165) is 11.3 Å². The molecule has 0 aromatic heterocycles. The van der Waals surface area contributed by atoms with Crippen LogP contribution in [0.5, 0.6) is 0 Å². The maximum Gasteiger partial charge on any atom is 0.311 e. The second-order valence-corrected chi connectivity index (χ2v) is 7.02. The highest BCUT2D eigenvalue weighted by Crippen LogP contribution is 2.26. The SMILES string of the molecule is Cc1ccc(N2C[C@@H](C(=O)OCC(=O)C(C)(C)C)CC2=O)cc1. The van der Waals surface area contributed by atoms with E-state index in [9.17, 15) is 14.4 Å². The fourth-order valence-electron chi connectivity index (χ4n) is 2.31. The third kappa shape index (κ3) is 4.18.